The first-order valence-electron chi connectivity index (χ1n) is 5.36. The van der Waals surface area contributed by atoms with Crippen LogP contribution in [0.1, 0.15) is 31.9 Å². The summed E-state index contributed by atoms with van der Waals surface area (Å²) in [6.07, 6.45) is 0.599. The Bertz CT molecular complexity index is 351. The fourth-order valence-electron chi connectivity index (χ4n) is 1.34. The van der Waals surface area contributed by atoms with Crippen LogP contribution in [0.4, 0.5) is 4.39 Å². The number of benzene rings is 1. The molecule has 3 nitrogen and oxygen atoms in total. The summed E-state index contributed by atoms with van der Waals surface area (Å²) >= 11 is 0. The van der Waals surface area contributed by atoms with Gasteiger partial charge in [-0.25, -0.2) is 4.39 Å². The molecular formula is C12H17FN2O. The largest absolute Gasteiger partial charge is 0.348 e. The predicted molar refractivity (Wildman–Crippen MR) is 61.2 cm³/mol. The lowest BCUT2D eigenvalue weighted by Crippen LogP contribution is -2.41. The smallest absolute Gasteiger partial charge is 0.237 e. The van der Waals surface area contributed by atoms with E-state index in [1.54, 1.807) is 12.1 Å². The van der Waals surface area contributed by atoms with Crippen LogP contribution in [0.3, 0.4) is 0 Å². The van der Waals surface area contributed by atoms with Crippen LogP contribution in [0.15, 0.2) is 24.3 Å². The van der Waals surface area contributed by atoms with Crippen LogP contribution in [0, 0.1) is 5.82 Å². The van der Waals surface area contributed by atoms with Gasteiger partial charge in [0.05, 0.1) is 12.1 Å². The Hall–Kier alpha value is -1.42. The van der Waals surface area contributed by atoms with Crippen molar-refractivity contribution in [2.75, 3.05) is 0 Å². The van der Waals surface area contributed by atoms with Gasteiger partial charge >= 0.3 is 0 Å². The minimum Gasteiger partial charge on any atom is -0.348 e. The van der Waals surface area contributed by atoms with Crippen molar-refractivity contribution in [2.45, 2.75) is 32.4 Å². The average molecular weight is 224 g/mol. The topological polar surface area (TPSA) is 55.1 Å². The second kappa shape index (κ2) is 5.61. The van der Waals surface area contributed by atoms with Gasteiger partial charge in [-0.3, -0.25) is 4.79 Å². The molecule has 0 saturated heterocycles. The Labute approximate surface area is 94.8 Å². The van der Waals surface area contributed by atoms with E-state index in [1.807, 2.05) is 13.8 Å². The van der Waals surface area contributed by atoms with Crippen LogP contribution in [0.25, 0.3) is 0 Å². The van der Waals surface area contributed by atoms with Crippen molar-refractivity contribution in [2.24, 2.45) is 5.73 Å². The van der Waals surface area contributed by atoms with Gasteiger partial charge in [0.1, 0.15) is 5.82 Å². The van der Waals surface area contributed by atoms with E-state index >= 15 is 0 Å². The lowest BCUT2D eigenvalue weighted by atomic mass is 10.1. The molecule has 1 rings (SSSR count). The minimum atomic E-state index is -0.483. The molecule has 88 valence electrons. The Balaban J connectivity index is 2.62. The lowest BCUT2D eigenvalue weighted by molar-refractivity contribution is -0.123. The highest BCUT2D eigenvalue weighted by Crippen LogP contribution is 2.12. The van der Waals surface area contributed by atoms with E-state index in [0.29, 0.717) is 6.42 Å². The van der Waals surface area contributed by atoms with Crippen LogP contribution in [0.5, 0.6) is 0 Å². The Morgan fingerprint density at radius 3 is 2.50 bits per heavy atom. The molecule has 0 fully saturated rings. The number of carbonyl (C=O) groups is 1. The Morgan fingerprint density at radius 2 is 2.00 bits per heavy atom. The monoisotopic (exact) mass is 224 g/mol. The third-order valence-corrected chi connectivity index (χ3v) is 2.51. The van der Waals surface area contributed by atoms with E-state index in [2.05, 4.69) is 5.32 Å². The number of nitrogens with two attached hydrogens (primary N) is 1. The molecule has 0 aliphatic carbocycles. The number of hydrogen-bond donors (Lipinski definition) is 2. The maximum absolute atomic E-state index is 12.7. The highest BCUT2D eigenvalue weighted by atomic mass is 19.1. The van der Waals surface area contributed by atoms with Crippen LogP contribution in [-0.2, 0) is 4.79 Å². The van der Waals surface area contributed by atoms with Crippen molar-refractivity contribution in [3.05, 3.63) is 35.6 Å². The molecule has 0 saturated carbocycles. The molecule has 0 aromatic heterocycles. The van der Waals surface area contributed by atoms with Crippen molar-refractivity contribution in [1.82, 2.24) is 5.32 Å². The zero-order chi connectivity index (χ0) is 12.1. The third kappa shape index (κ3) is 3.31. The van der Waals surface area contributed by atoms with E-state index in [0.717, 1.165) is 5.56 Å². The zero-order valence-corrected chi connectivity index (χ0v) is 9.53. The quantitative estimate of drug-likeness (QED) is 0.818. The summed E-state index contributed by atoms with van der Waals surface area (Å²) in [7, 11) is 0. The molecule has 1 unspecified atom stereocenters. The number of halogens is 1. The first-order valence-corrected chi connectivity index (χ1v) is 5.36. The van der Waals surface area contributed by atoms with Crippen molar-refractivity contribution >= 4 is 5.91 Å². The fourth-order valence-corrected chi connectivity index (χ4v) is 1.34. The SMILES string of the molecule is CCC(N)C(=O)N[C@H](C)c1ccc(F)cc1. The van der Waals surface area contributed by atoms with Crippen molar-refractivity contribution in [1.29, 1.82) is 0 Å². The van der Waals surface area contributed by atoms with Gasteiger partial charge in [0.15, 0.2) is 0 Å². The summed E-state index contributed by atoms with van der Waals surface area (Å²) < 4.78 is 12.7. The van der Waals surface area contributed by atoms with E-state index in [4.69, 9.17) is 5.73 Å². The molecule has 3 N–H and O–H groups in total. The Kier molecular flexibility index (Phi) is 4.43. The van der Waals surface area contributed by atoms with E-state index < -0.39 is 6.04 Å². The summed E-state index contributed by atoms with van der Waals surface area (Å²) in [6, 6.07) is 5.40. The molecule has 16 heavy (non-hydrogen) atoms. The van der Waals surface area contributed by atoms with Gasteiger partial charge in [0, 0.05) is 0 Å². The van der Waals surface area contributed by atoms with Crippen LogP contribution >= 0.6 is 0 Å². The molecule has 2 atom stereocenters. The third-order valence-electron chi connectivity index (χ3n) is 2.51. The Morgan fingerprint density at radius 1 is 1.44 bits per heavy atom. The van der Waals surface area contributed by atoms with E-state index in [-0.39, 0.29) is 17.8 Å². The summed E-state index contributed by atoms with van der Waals surface area (Å²) in [5, 5.41) is 2.78. The molecule has 0 aliphatic heterocycles. The minimum absolute atomic E-state index is 0.161. The van der Waals surface area contributed by atoms with Crippen molar-refractivity contribution in [3.63, 3.8) is 0 Å². The number of hydrogen-bond acceptors (Lipinski definition) is 2. The highest BCUT2D eigenvalue weighted by molar-refractivity contribution is 5.81. The van der Waals surface area contributed by atoms with Gasteiger partial charge in [0.25, 0.3) is 0 Å². The van der Waals surface area contributed by atoms with Gasteiger partial charge < -0.3 is 11.1 Å². The molecule has 0 heterocycles. The average Bonchev–Trinajstić information content (AvgIpc) is 2.28. The first kappa shape index (κ1) is 12.6. The molecule has 0 aliphatic rings. The standard InChI is InChI=1S/C12H17FN2O/c1-3-11(14)12(16)15-8(2)9-4-6-10(13)7-5-9/h4-8,11H,3,14H2,1-2H3,(H,15,16)/t8-,11?/m1/s1. The van der Waals surface area contributed by atoms with Crippen molar-refractivity contribution < 1.29 is 9.18 Å². The summed E-state index contributed by atoms with van der Waals surface area (Å²) in [6.45, 7) is 3.69. The zero-order valence-electron chi connectivity index (χ0n) is 9.53. The van der Waals surface area contributed by atoms with E-state index in [1.165, 1.54) is 12.1 Å². The van der Waals surface area contributed by atoms with Crippen LogP contribution in [-0.4, -0.2) is 11.9 Å². The van der Waals surface area contributed by atoms with Crippen molar-refractivity contribution in [3.8, 4) is 0 Å². The molecule has 1 aromatic carbocycles. The molecule has 0 bridgehead atoms. The fraction of sp³-hybridized carbons (Fsp3) is 0.417. The van der Waals surface area contributed by atoms with E-state index in [9.17, 15) is 9.18 Å². The van der Waals surface area contributed by atoms with Crippen LogP contribution in [0.2, 0.25) is 0 Å². The molecule has 0 radical (unpaired) electrons. The van der Waals surface area contributed by atoms with Gasteiger partial charge in [0.2, 0.25) is 5.91 Å². The summed E-state index contributed by atoms with van der Waals surface area (Å²) in [5.41, 5.74) is 6.45. The predicted octanol–water partition coefficient (Wildman–Crippen LogP) is 1.74. The number of nitrogens with one attached hydrogen (secondary N) is 1. The highest BCUT2D eigenvalue weighted by Gasteiger charge is 2.14. The lowest BCUT2D eigenvalue weighted by Gasteiger charge is -2.17. The van der Waals surface area contributed by atoms with Gasteiger partial charge in [-0.2, -0.15) is 0 Å². The first-order chi connectivity index (χ1) is 7.54. The number of carbonyl (C=O) groups excluding carboxylic acids is 1. The van der Waals surface area contributed by atoms with Gasteiger partial charge in [-0.15, -0.1) is 0 Å². The summed E-state index contributed by atoms with van der Waals surface area (Å²) in [5.74, 6) is -0.466. The maximum atomic E-state index is 12.7. The van der Waals surface area contributed by atoms with Gasteiger partial charge in [-0.05, 0) is 31.0 Å². The number of rotatable bonds is 4. The maximum Gasteiger partial charge on any atom is 0.237 e. The second-order valence-corrected chi connectivity index (χ2v) is 3.80. The molecular weight excluding hydrogens is 207 g/mol. The second-order valence-electron chi connectivity index (χ2n) is 3.80. The molecule has 4 heteroatoms. The molecule has 1 aromatic rings. The number of amides is 1. The van der Waals surface area contributed by atoms with Gasteiger partial charge in [-0.1, -0.05) is 19.1 Å². The summed E-state index contributed by atoms with van der Waals surface area (Å²) in [4.78, 5) is 11.5. The molecule has 1 amide bonds. The van der Waals surface area contributed by atoms with Crippen LogP contribution < -0.4 is 11.1 Å². The molecule has 0 spiro atoms. The normalized spacial score (nSPS) is 14.2.